The Morgan fingerprint density at radius 3 is 2.86 bits per heavy atom. The molecule has 5 nitrogen and oxygen atoms in total. The van der Waals surface area contributed by atoms with Crippen LogP contribution in [0.15, 0.2) is 18.2 Å². The van der Waals surface area contributed by atoms with Crippen molar-refractivity contribution in [3.8, 4) is 0 Å². The summed E-state index contributed by atoms with van der Waals surface area (Å²) in [5.74, 6) is 1.68. The average Bonchev–Trinajstić information content (AvgIpc) is 2.76. The van der Waals surface area contributed by atoms with Gasteiger partial charge in [-0.2, -0.15) is 0 Å². The van der Waals surface area contributed by atoms with Crippen molar-refractivity contribution in [3.63, 3.8) is 0 Å². The van der Waals surface area contributed by atoms with E-state index in [1.165, 1.54) is 0 Å². The molecule has 1 unspecified atom stereocenters. The van der Waals surface area contributed by atoms with E-state index in [-0.39, 0.29) is 11.8 Å². The summed E-state index contributed by atoms with van der Waals surface area (Å²) in [4.78, 5) is 19.6. The third-order valence-electron chi connectivity index (χ3n) is 3.50. The number of nitrogens with one attached hydrogen (secondary N) is 2. The Hall–Kier alpha value is -1.88. The fourth-order valence-electron chi connectivity index (χ4n) is 2.62. The zero-order valence-corrected chi connectivity index (χ0v) is 12.9. The maximum atomic E-state index is 12.1. The first-order valence-electron chi connectivity index (χ1n) is 7.44. The number of carbonyl (C=O) groups excluding carboxylic acids is 1. The molecule has 1 aromatic carbocycles. The third-order valence-corrected chi connectivity index (χ3v) is 3.50. The van der Waals surface area contributed by atoms with Crippen LogP contribution >= 0.6 is 0 Å². The van der Waals surface area contributed by atoms with Crippen LogP contribution in [0.3, 0.4) is 0 Å². The molecule has 0 saturated heterocycles. The van der Waals surface area contributed by atoms with Gasteiger partial charge in [-0.15, -0.1) is 0 Å². The number of aromatic amines is 1. The molecule has 0 spiro atoms. The van der Waals surface area contributed by atoms with E-state index in [0.29, 0.717) is 18.9 Å². The van der Waals surface area contributed by atoms with Crippen LogP contribution < -0.4 is 11.1 Å². The van der Waals surface area contributed by atoms with Crippen molar-refractivity contribution >= 4 is 22.6 Å². The molecule has 1 amide bonds. The van der Waals surface area contributed by atoms with Gasteiger partial charge in [0.1, 0.15) is 5.82 Å². The molecule has 2 rings (SSSR count). The number of amides is 1. The van der Waals surface area contributed by atoms with E-state index >= 15 is 0 Å². The van der Waals surface area contributed by atoms with Crippen LogP contribution in [0.2, 0.25) is 0 Å². The molecule has 2 aromatic rings. The highest BCUT2D eigenvalue weighted by Crippen LogP contribution is 2.19. The van der Waals surface area contributed by atoms with Gasteiger partial charge >= 0.3 is 0 Å². The van der Waals surface area contributed by atoms with Gasteiger partial charge in [-0.1, -0.05) is 13.8 Å². The van der Waals surface area contributed by atoms with Crippen LogP contribution in [0.25, 0.3) is 11.0 Å². The van der Waals surface area contributed by atoms with Gasteiger partial charge in [0.25, 0.3) is 0 Å². The first kappa shape index (κ1) is 15.5. The van der Waals surface area contributed by atoms with E-state index in [1.807, 2.05) is 25.1 Å². The SMILES string of the molecule is Cc1nc2ccc(NC(=O)CC(CN)CC(C)C)cc2[nH]1. The molecule has 1 heterocycles. The zero-order chi connectivity index (χ0) is 15.4. The molecular formula is C16H24N4O. The fraction of sp³-hybridized carbons (Fsp3) is 0.500. The lowest BCUT2D eigenvalue weighted by molar-refractivity contribution is -0.117. The zero-order valence-electron chi connectivity index (χ0n) is 12.9. The van der Waals surface area contributed by atoms with E-state index in [9.17, 15) is 4.79 Å². The van der Waals surface area contributed by atoms with Crippen LogP contribution in [-0.2, 0) is 4.79 Å². The molecule has 0 fully saturated rings. The fourth-order valence-corrected chi connectivity index (χ4v) is 2.62. The lowest BCUT2D eigenvalue weighted by atomic mass is 9.94. The van der Waals surface area contributed by atoms with E-state index < -0.39 is 0 Å². The number of aryl methyl sites for hydroxylation is 1. The maximum Gasteiger partial charge on any atom is 0.224 e. The predicted octanol–water partition coefficient (Wildman–Crippen LogP) is 2.82. The smallest absolute Gasteiger partial charge is 0.224 e. The van der Waals surface area contributed by atoms with Crippen molar-refractivity contribution in [3.05, 3.63) is 24.0 Å². The minimum absolute atomic E-state index is 0.0155. The van der Waals surface area contributed by atoms with Crippen molar-refractivity contribution in [2.24, 2.45) is 17.6 Å². The molecule has 0 saturated carbocycles. The van der Waals surface area contributed by atoms with E-state index in [4.69, 9.17) is 5.73 Å². The number of imidazole rings is 1. The van der Waals surface area contributed by atoms with Crippen molar-refractivity contribution in [2.45, 2.75) is 33.6 Å². The van der Waals surface area contributed by atoms with E-state index in [1.54, 1.807) is 0 Å². The number of nitrogens with two attached hydrogens (primary N) is 1. The Morgan fingerprint density at radius 1 is 1.43 bits per heavy atom. The number of aromatic nitrogens is 2. The van der Waals surface area contributed by atoms with Crippen LogP contribution in [0, 0.1) is 18.8 Å². The number of anilines is 1. The van der Waals surface area contributed by atoms with Crippen LogP contribution in [0.1, 0.15) is 32.5 Å². The quantitative estimate of drug-likeness (QED) is 0.764. The molecule has 0 aliphatic carbocycles. The van der Waals surface area contributed by atoms with Crippen molar-refractivity contribution in [2.75, 3.05) is 11.9 Å². The summed E-state index contributed by atoms with van der Waals surface area (Å²) >= 11 is 0. The van der Waals surface area contributed by atoms with Gasteiger partial charge in [-0.25, -0.2) is 4.98 Å². The van der Waals surface area contributed by atoms with E-state index in [0.717, 1.165) is 29.0 Å². The summed E-state index contributed by atoms with van der Waals surface area (Å²) in [6.45, 7) is 6.75. The second-order valence-electron chi connectivity index (χ2n) is 6.04. The number of nitrogens with zero attached hydrogens (tertiary/aromatic N) is 1. The Kier molecular flexibility index (Phi) is 4.96. The molecule has 0 aliphatic rings. The second kappa shape index (κ2) is 6.72. The maximum absolute atomic E-state index is 12.1. The summed E-state index contributed by atoms with van der Waals surface area (Å²) in [7, 11) is 0. The van der Waals surface area contributed by atoms with Crippen molar-refractivity contribution < 1.29 is 4.79 Å². The van der Waals surface area contributed by atoms with Gasteiger partial charge in [0, 0.05) is 12.1 Å². The Morgan fingerprint density at radius 2 is 2.19 bits per heavy atom. The predicted molar refractivity (Wildman–Crippen MR) is 86.1 cm³/mol. The number of benzene rings is 1. The van der Waals surface area contributed by atoms with Gasteiger partial charge in [0.05, 0.1) is 11.0 Å². The molecule has 1 atom stereocenters. The number of rotatable bonds is 6. The molecule has 21 heavy (non-hydrogen) atoms. The van der Waals surface area contributed by atoms with Gasteiger partial charge in [0.15, 0.2) is 0 Å². The highest BCUT2D eigenvalue weighted by atomic mass is 16.1. The molecule has 0 radical (unpaired) electrons. The number of hydrogen-bond acceptors (Lipinski definition) is 3. The molecule has 5 heteroatoms. The lowest BCUT2D eigenvalue weighted by Gasteiger charge is -2.16. The van der Waals surface area contributed by atoms with Gasteiger partial charge < -0.3 is 16.0 Å². The minimum atomic E-state index is 0.0155. The average molecular weight is 288 g/mol. The van der Waals surface area contributed by atoms with Crippen LogP contribution in [0.5, 0.6) is 0 Å². The standard InChI is InChI=1S/C16H24N4O/c1-10(2)6-12(9-17)7-16(21)20-13-4-5-14-15(8-13)19-11(3)18-14/h4-5,8,10,12H,6-7,9,17H2,1-3H3,(H,18,19)(H,20,21). The van der Waals surface area contributed by atoms with Crippen molar-refractivity contribution in [1.82, 2.24) is 9.97 Å². The monoisotopic (exact) mass is 288 g/mol. The second-order valence-corrected chi connectivity index (χ2v) is 6.04. The van der Waals surface area contributed by atoms with E-state index in [2.05, 4.69) is 29.1 Å². The number of hydrogen-bond donors (Lipinski definition) is 3. The number of carbonyl (C=O) groups is 1. The summed E-state index contributed by atoms with van der Waals surface area (Å²) in [5.41, 5.74) is 8.38. The Bertz CT molecular complexity index is 618. The minimum Gasteiger partial charge on any atom is -0.342 e. The lowest BCUT2D eigenvalue weighted by Crippen LogP contribution is -2.23. The molecule has 1 aromatic heterocycles. The summed E-state index contributed by atoms with van der Waals surface area (Å²) in [6, 6.07) is 5.69. The van der Waals surface area contributed by atoms with Crippen LogP contribution in [0.4, 0.5) is 5.69 Å². The van der Waals surface area contributed by atoms with Gasteiger partial charge in [-0.3, -0.25) is 4.79 Å². The van der Waals surface area contributed by atoms with Crippen molar-refractivity contribution in [1.29, 1.82) is 0 Å². The molecular weight excluding hydrogens is 264 g/mol. The molecule has 0 aliphatic heterocycles. The summed E-state index contributed by atoms with van der Waals surface area (Å²) in [5, 5.41) is 2.94. The normalized spacial score (nSPS) is 12.8. The first-order valence-corrected chi connectivity index (χ1v) is 7.44. The molecule has 0 bridgehead atoms. The molecule has 114 valence electrons. The van der Waals surface area contributed by atoms with Gasteiger partial charge in [0.2, 0.25) is 5.91 Å². The first-order chi connectivity index (χ1) is 9.97. The van der Waals surface area contributed by atoms with Gasteiger partial charge in [-0.05, 0) is 49.9 Å². The third kappa shape index (κ3) is 4.29. The highest BCUT2D eigenvalue weighted by molar-refractivity contribution is 5.93. The number of fused-ring (bicyclic) bond motifs is 1. The largest absolute Gasteiger partial charge is 0.342 e. The summed E-state index contributed by atoms with van der Waals surface area (Å²) < 4.78 is 0. The van der Waals surface area contributed by atoms with Crippen LogP contribution in [-0.4, -0.2) is 22.4 Å². The molecule has 4 N–H and O–H groups in total. The highest BCUT2D eigenvalue weighted by Gasteiger charge is 2.14. The topological polar surface area (TPSA) is 83.8 Å². The number of H-pyrrole nitrogens is 1. The summed E-state index contributed by atoms with van der Waals surface area (Å²) in [6.07, 6.45) is 1.44. The Labute approximate surface area is 125 Å². The Balaban J connectivity index is 2.00.